The molecular weight excluding hydrogens is 252 g/mol. The summed E-state index contributed by atoms with van der Waals surface area (Å²) in [4.78, 5) is 14.4. The molecule has 1 atom stereocenters. The van der Waals surface area contributed by atoms with E-state index in [9.17, 15) is 4.79 Å². The van der Waals surface area contributed by atoms with Crippen LogP contribution in [0.15, 0.2) is 24.3 Å². The molecule has 0 bridgehead atoms. The lowest BCUT2D eigenvalue weighted by atomic mass is 10.0. The van der Waals surface area contributed by atoms with Gasteiger partial charge >= 0.3 is 0 Å². The Bertz CT molecular complexity index is 607. The number of benzene rings is 1. The van der Waals surface area contributed by atoms with Crippen molar-refractivity contribution in [3.05, 3.63) is 24.3 Å². The Morgan fingerprint density at radius 3 is 3.05 bits per heavy atom. The summed E-state index contributed by atoms with van der Waals surface area (Å²) in [6.07, 6.45) is 3.42. The summed E-state index contributed by atoms with van der Waals surface area (Å²) in [5.41, 5.74) is 1.76. The van der Waals surface area contributed by atoms with E-state index in [-0.39, 0.29) is 12.5 Å². The van der Waals surface area contributed by atoms with Crippen molar-refractivity contribution in [3.63, 3.8) is 0 Å². The molecule has 0 saturated carbocycles. The van der Waals surface area contributed by atoms with Crippen molar-refractivity contribution in [2.24, 2.45) is 5.92 Å². The second-order valence-corrected chi connectivity index (χ2v) is 5.65. The molecule has 1 aliphatic rings. The third-order valence-corrected chi connectivity index (χ3v) is 4.07. The zero-order chi connectivity index (χ0) is 13.9. The second-order valence-electron chi connectivity index (χ2n) is 5.65. The van der Waals surface area contributed by atoms with Crippen molar-refractivity contribution in [1.29, 1.82) is 0 Å². The van der Waals surface area contributed by atoms with E-state index in [1.807, 2.05) is 29.2 Å². The summed E-state index contributed by atoms with van der Waals surface area (Å²) < 4.78 is 1.70. The molecule has 0 N–H and O–H groups in total. The topological polar surface area (TPSA) is 51.0 Å². The minimum absolute atomic E-state index is 0.148. The van der Waals surface area contributed by atoms with Gasteiger partial charge in [0.25, 0.3) is 0 Å². The molecule has 20 heavy (non-hydrogen) atoms. The Morgan fingerprint density at radius 2 is 2.15 bits per heavy atom. The van der Waals surface area contributed by atoms with Gasteiger partial charge in [0.15, 0.2) is 0 Å². The summed E-state index contributed by atoms with van der Waals surface area (Å²) in [6, 6.07) is 7.74. The lowest BCUT2D eigenvalue weighted by Gasteiger charge is -2.20. The molecular formula is C15H20N4O. The van der Waals surface area contributed by atoms with Crippen LogP contribution < -0.4 is 0 Å². The van der Waals surface area contributed by atoms with Gasteiger partial charge in [-0.3, -0.25) is 4.79 Å². The number of fused-ring (bicyclic) bond motifs is 1. The van der Waals surface area contributed by atoms with Crippen molar-refractivity contribution >= 4 is 16.9 Å². The molecule has 1 amide bonds. The van der Waals surface area contributed by atoms with Crippen LogP contribution in [0.25, 0.3) is 11.0 Å². The highest BCUT2D eigenvalue weighted by atomic mass is 16.2. The molecule has 2 heterocycles. The second kappa shape index (κ2) is 5.61. The van der Waals surface area contributed by atoms with Crippen LogP contribution in [0.3, 0.4) is 0 Å². The number of rotatable bonds is 2. The standard InChI is InChI=1S/C15H20N4O/c1-12-5-4-9-18(10-8-12)15(20)11-19-14-7-3-2-6-13(14)16-17-19/h2-3,6-7,12H,4-5,8-11H2,1H3/t12-/m0/s1. The van der Waals surface area contributed by atoms with Gasteiger partial charge in [-0.05, 0) is 37.3 Å². The third-order valence-electron chi connectivity index (χ3n) is 4.07. The van der Waals surface area contributed by atoms with E-state index in [1.54, 1.807) is 4.68 Å². The van der Waals surface area contributed by atoms with E-state index in [1.165, 1.54) is 6.42 Å². The average molecular weight is 272 g/mol. The SMILES string of the molecule is C[C@H]1CCCN(C(=O)Cn2nnc3ccccc32)CC1. The molecule has 106 valence electrons. The predicted molar refractivity (Wildman–Crippen MR) is 77.1 cm³/mol. The number of hydrogen-bond donors (Lipinski definition) is 0. The Kier molecular flexibility index (Phi) is 3.67. The van der Waals surface area contributed by atoms with E-state index in [0.717, 1.165) is 42.9 Å². The van der Waals surface area contributed by atoms with Crippen LogP contribution in [0, 0.1) is 5.92 Å². The minimum atomic E-state index is 0.148. The van der Waals surface area contributed by atoms with E-state index in [2.05, 4.69) is 17.2 Å². The van der Waals surface area contributed by atoms with Gasteiger partial charge in [-0.15, -0.1) is 5.10 Å². The number of carbonyl (C=O) groups is 1. The molecule has 5 nitrogen and oxygen atoms in total. The van der Waals surface area contributed by atoms with Crippen LogP contribution in [-0.2, 0) is 11.3 Å². The van der Waals surface area contributed by atoms with Crippen LogP contribution in [0.4, 0.5) is 0 Å². The number of para-hydroxylation sites is 1. The van der Waals surface area contributed by atoms with Gasteiger partial charge in [-0.1, -0.05) is 24.3 Å². The van der Waals surface area contributed by atoms with E-state index in [0.29, 0.717) is 0 Å². The van der Waals surface area contributed by atoms with E-state index < -0.39 is 0 Å². The fraction of sp³-hybridized carbons (Fsp3) is 0.533. The maximum Gasteiger partial charge on any atom is 0.244 e. The Hall–Kier alpha value is -1.91. The molecule has 0 radical (unpaired) electrons. The number of likely N-dealkylation sites (tertiary alicyclic amines) is 1. The van der Waals surface area contributed by atoms with Crippen LogP contribution >= 0.6 is 0 Å². The molecule has 0 unspecified atom stereocenters. The summed E-state index contributed by atoms with van der Waals surface area (Å²) >= 11 is 0. The molecule has 1 aromatic heterocycles. The molecule has 1 saturated heterocycles. The first kappa shape index (κ1) is 13.1. The number of aromatic nitrogens is 3. The average Bonchev–Trinajstić information content (AvgIpc) is 2.72. The first-order chi connectivity index (χ1) is 9.74. The van der Waals surface area contributed by atoms with Crippen molar-refractivity contribution < 1.29 is 4.79 Å². The molecule has 0 aliphatic carbocycles. The number of amides is 1. The van der Waals surface area contributed by atoms with Gasteiger partial charge < -0.3 is 4.90 Å². The first-order valence-electron chi connectivity index (χ1n) is 7.30. The Balaban J connectivity index is 1.72. The van der Waals surface area contributed by atoms with E-state index in [4.69, 9.17) is 0 Å². The maximum absolute atomic E-state index is 12.4. The molecule has 5 heteroatoms. The maximum atomic E-state index is 12.4. The zero-order valence-corrected chi connectivity index (χ0v) is 11.8. The first-order valence-corrected chi connectivity index (χ1v) is 7.30. The van der Waals surface area contributed by atoms with E-state index >= 15 is 0 Å². The van der Waals surface area contributed by atoms with Crippen molar-refractivity contribution in [2.75, 3.05) is 13.1 Å². The summed E-state index contributed by atoms with van der Waals surface area (Å²) in [7, 11) is 0. The highest BCUT2D eigenvalue weighted by molar-refractivity contribution is 5.79. The summed E-state index contributed by atoms with van der Waals surface area (Å²) in [6.45, 7) is 4.29. The fourth-order valence-electron chi connectivity index (χ4n) is 2.77. The molecule has 3 rings (SSSR count). The Labute approximate surface area is 118 Å². The van der Waals surface area contributed by atoms with Gasteiger partial charge in [0.1, 0.15) is 12.1 Å². The molecule has 1 fully saturated rings. The third kappa shape index (κ3) is 2.66. The Morgan fingerprint density at radius 1 is 1.30 bits per heavy atom. The number of carbonyl (C=O) groups excluding carboxylic acids is 1. The van der Waals surface area contributed by atoms with Crippen molar-refractivity contribution in [1.82, 2.24) is 19.9 Å². The highest BCUT2D eigenvalue weighted by Crippen LogP contribution is 2.17. The molecule has 1 aliphatic heterocycles. The van der Waals surface area contributed by atoms with Crippen LogP contribution in [0.1, 0.15) is 26.2 Å². The summed E-state index contributed by atoms with van der Waals surface area (Å²) in [5.74, 6) is 0.870. The van der Waals surface area contributed by atoms with Crippen molar-refractivity contribution in [3.8, 4) is 0 Å². The molecule has 0 spiro atoms. The fourth-order valence-corrected chi connectivity index (χ4v) is 2.77. The van der Waals surface area contributed by atoms with Gasteiger partial charge in [0.05, 0.1) is 5.52 Å². The lowest BCUT2D eigenvalue weighted by molar-refractivity contribution is -0.131. The quantitative estimate of drug-likeness (QED) is 0.841. The van der Waals surface area contributed by atoms with Crippen LogP contribution in [-0.4, -0.2) is 38.9 Å². The van der Waals surface area contributed by atoms with Gasteiger partial charge in [0.2, 0.25) is 5.91 Å². The predicted octanol–water partition coefficient (Wildman–Crippen LogP) is 2.08. The molecule has 2 aromatic rings. The van der Waals surface area contributed by atoms with Crippen LogP contribution in [0.2, 0.25) is 0 Å². The highest BCUT2D eigenvalue weighted by Gasteiger charge is 2.19. The van der Waals surface area contributed by atoms with Crippen molar-refractivity contribution in [2.45, 2.75) is 32.7 Å². The lowest BCUT2D eigenvalue weighted by Crippen LogP contribution is -2.35. The smallest absolute Gasteiger partial charge is 0.244 e. The largest absolute Gasteiger partial charge is 0.341 e. The number of nitrogens with zero attached hydrogens (tertiary/aromatic N) is 4. The van der Waals surface area contributed by atoms with Gasteiger partial charge in [0, 0.05) is 13.1 Å². The van der Waals surface area contributed by atoms with Crippen LogP contribution in [0.5, 0.6) is 0 Å². The molecule has 1 aromatic carbocycles. The number of hydrogen-bond acceptors (Lipinski definition) is 3. The van der Waals surface area contributed by atoms with Gasteiger partial charge in [-0.2, -0.15) is 0 Å². The summed E-state index contributed by atoms with van der Waals surface area (Å²) in [5, 5.41) is 8.18. The monoisotopic (exact) mass is 272 g/mol. The van der Waals surface area contributed by atoms with Gasteiger partial charge in [-0.25, -0.2) is 4.68 Å². The zero-order valence-electron chi connectivity index (χ0n) is 11.8. The normalized spacial score (nSPS) is 20.1. The minimum Gasteiger partial charge on any atom is -0.341 e.